The molecule has 0 atom stereocenters. The molecule has 2 aromatic heterocycles. The second-order valence-electron chi connectivity index (χ2n) is 3.68. The maximum absolute atomic E-state index is 11.7. The molecule has 19 heavy (non-hydrogen) atoms. The van der Waals surface area contributed by atoms with Gasteiger partial charge in [0.15, 0.2) is 0 Å². The van der Waals surface area contributed by atoms with E-state index in [4.69, 9.17) is 4.42 Å². The lowest BCUT2D eigenvalue weighted by Crippen LogP contribution is -2.36. The van der Waals surface area contributed by atoms with Crippen molar-refractivity contribution in [1.29, 1.82) is 0 Å². The van der Waals surface area contributed by atoms with Crippen molar-refractivity contribution in [2.24, 2.45) is 0 Å². The summed E-state index contributed by atoms with van der Waals surface area (Å²) in [5.74, 6) is 0.135. The van der Waals surface area contributed by atoms with Crippen LogP contribution in [0.1, 0.15) is 16.1 Å². The average molecular weight is 343 g/mol. The van der Waals surface area contributed by atoms with Crippen LogP contribution in [0.25, 0.3) is 0 Å². The number of nitrogens with one attached hydrogen (secondary N) is 2. The molecule has 2 N–H and O–H groups in total. The van der Waals surface area contributed by atoms with Gasteiger partial charge in [0.1, 0.15) is 5.76 Å². The number of halogens is 1. The second kappa shape index (κ2) is 6.53. The van der Waals surface area contributed by atoms with Crippen LogP contribution in [0.15, 0.2) is 38.0 Å². The number of hydrogen-bond donors (Lipinski definition) is 2. The van der Waals surface area contributed by atoms with Crippen molar-refractivity contribution < 1.29 is 14.0 Å². The van der Waals surface area contributed by atoms with Crippen molar-refractivity contribution in [3.8, 4) is 0 Å². The summed E-state index contributed by atoms with van der Waals surface area (Å²) >= 11 is 4.69. The number of carbonyl (C=O) groups excluding carboxylic acids is 2. The van der Waals surface area contributed by atoms with E-state index in [1.54, 1.807) is 23.6 Å². The Morgan fingerprint density at radius 2 is 2.21 bits per heavy atom. The molecule has 0 fully saturated rings. The van der Waals surface area contributed by atoms with Crippen LogP contribution < -0.4 is 10.6 Å². The first-order valence-electron chi connectivity index (χ1n) is 5.46. The molecule has 0 radical (unpaired) electrons. The molecule has 2 amide bonds. The number of hydrogen-bond acceptors (Lipinski definition) is 4. The molecule has 100 valence electrons. The zero-order valence-electron chi connectivity index (χ0n) is 9.81. The van der Waals surface area contributed by atoms with Gasteiger partial charge in [-0.25, -0.2) is 0 Å². The smallest absolute Gasteiger partial charge is 0.252 e. The van der Waals surface area contributed by atoms with Gasteiger partial charge in [0.2, 0.25) is 5.91 Å². The average Bonchev–Trinajstić information content (AvgIpc) is 3.04. The number of thiophene rings is 1. The first-order valence-corrected chi connectivity index (χ1v) is 7.14. The zero-order valence-corrected chi connectivity index (χ0v) is 12.2. The molecule has 0 unspecified atom stereocenters. The van der Waals surface area contributed by atoms with Gasteiger partial charge in [-0.2, -0.15) is 0 Å². The fourth-order valence-electron chi connectivity index (χ4n) is 1.35. The Hall–Kier alpha value is -1.60. The van der Waals surface area contributed by atoms with Crippen LogP contribution in [-0.4, -0.2) is 18.4 Å². The van der Waals surface area contributed by atoms with Gasteiger partial charge in [-0.05, 0) is 34.1 Å². The van der Waals surface area contributed by atoms with E-state index < -0.39 is 0 Å². The van der Waals surface area contributed by atoms with E-state index in [-0.39, 0.29) is 18.4 Å². The zero-order chi connectivity index (χ0) is 13.7. The quantitative estimate of drug-likeness (QED) is 0.874. The summed E-state index contributed by atoms with van der Waals surface area (Å²) in [5, 5.41) is 6.91. The Morgan fingerprint density at radius 3 is 2.84 bits per heavy atom. The van der Waals surface area contributed by atoms with E-state index in [1.807, 2.05) is 0 Å². The molecule has 2 heterocycles. The van der Waals surface area contributed by atoms with Gasteiger partial charge in [0, 0.05) is 5.38 Å². The topological polar surface area (TPSA) is 71.3 Å². The van der Waals surface area contributed by atoms with Crippen LogP contribution in [0.2, 0.25) is 0 Å². The van der Waals surface area contributed by atoms with Crippen LogP contribution >= 0.6 is 27.3 Å². The number of rotatable bonds is 5. The highest BCUT2D eigenvalue weighted by Gasteiger charge is 2.09. The van der Waals surface area contributed by atoms with Crippen molar-refractivity contribution >= 4 is 39.1 Å². The van der Waals surface area contributed by atoms with Gasteiger partial charge in [0.05, 0.1) is 28.7 Å². The van der Waals surface area contributed by atoms with Crippen molar-refractivity contribution in [2.45, 2.75) is 6.54 Å². The highest BCUT2D eigenvalue weighted by molar-refractivity contribution is 9.11. The standard InChI is InChI=1S/C12H11BrN2O3S/c13-10-4-8(7-19-10)12(17)15-6-11(16)14-5-9-2-1-3-18-9/h1-4,7H,5-6H2,(H,14,16)(H,15,17). The van der Waals surface area contributed by atoms with Crippen LogP contribution in [0.4, 0.5) is 0 Å². The van der Waals surface area contributed by atoms with Gasteiger partial charge in [-0.3, -0.25) is 9.59 Å². The monoisotopic (exact) mass is 342 g/mol. The molecule has 0 aliphatic heterocycles. The first-order chi connectivity index (χ1) is 9.15. The molecular formula is C12H11BrN2O3S. The molecule has 2 aromatic rings. The molecule has 0 bridgehead atoms. The van der Waals surface area contributed by atoms with Gasteiger partial charge in [-0.1, -0.05) is 0 Å². The molecule has 2 rings (SSSR count). The number of amides is 2. The lowest BCUT2D eigenvalue weighted by Gasteiger charge is -2.04. The Balaban J connectivity index is 1.73. The summed E-state index contributed by atoms with van der Waals surface area (Å²) in [6.45, 7) is 0.249. The number of carbonyl (C=O) groups is 2. The van der Waals surface area contributed by atoms with Gasteiger partial charge < -0.3 is 15.1 Å². The summed E-state index contributed by atoms with van der Waals surface area (Å²) in [4.78, 5) is 23.2. The predicted octanol–water partition coefficient (Wildman–Crippen LogP) is 2.15. The van der Waals surface area contributed by atoms with E-state index >= 15 is 0 Å². The van der Waals surface area contributed by atoms with E-state index in [0.29, 0.717) is 17.9 Å². The largest absolute Gasteiger partial charge is 0.467 e. The molecule has 0 aliphatic rings. The maximum Gasteiger partial charge on any atom is 0.252 e. The third-order valence-corrected chi connectivity index (χ3v) is 3.78. The molecule has 5 nitrogen and oxygen atoms in total. The molecule has 7 heteroatoms. The summed E-state index contributed by atoms with van der Waals surface area (Å²) in [6, 6.07) is 5.22. The predicted molar refractivity (Wildman–Crippen MR) is 74.9 cm³/mol. The summed E-state index contributed by atoms with van der Waals surface area (Å²) in [5.41, 5.74) is 0.538. The minimum Gasteiger partial charge on any atom is -0.467 e. The van der Waals surface area contributed by atoms with E-state index in [0.717, 1.165) is 3.79 Å². The van der Waals surface area contributed by atoms with Crippen LogP contribution in [0.5, 0.6) is 0 Å². The minimum atomic E-state index is -0.268. The summed E-state index contributed by atoms with van der Waals surface area (Å²) in [6.07, 6.45) is 1.54. The molecular weight excluding hydrogens is 332 g/mol. The highest BCUT2D eigenvalue weighted by Crippen LogP contribution is 2.20. The fourth-order valence-corrected chi connectivity index (χ4v) is 2.49. The van der Waals surface area contributed by atoms with Crippen LogP contribution in [-0.2, 0) is 11.3 Å². The van der Waals surface area contributed by atoms with Gasteiger partial charge in [0.25, 0.3) is 5.91 Å². The minimum absolute atomic E-state index is 0.0625. The molecule has 0 saturated heterocycles. The van der Waals surface area contributed by atoms with Gasteiger partial charge >= 0.3 is 0 Å². The summed E-state index contributed by atoms with van der Waals surface area (Å²) in [7, 11) is 0. The van der Waals surface area contributed by atoms with Crippen molar-refractivity contribution in [3.05, 3.63) is 45.0 Å². The number of furan rings is 1. The third-order valence-electron chi connectivity index (χ3n) is 2.28. The SMILES string of the molecule is O=C(CNC(=O)c1csc(Br)c1)NCc1ccco1. The Morgan fingerprint density at radius 1 is 1.37 bits per heavy atom. The van der Waals surface area contributed by atoms with E-state index in [9.17, 15) is 9.59 Å². The Bertz CT molecular complexity index is 565. The van der Waals surface area contributed by atoms with E-state index in [2.05, 4.69) is 26.6 Å². The van der Waals surface area contributed by atoms with Crippen molar-refractivity contribution in [1.82, 2.24) is 10.6 Å². The molecule has 0 aliphatic carbocycles. The van der Waals surface area contributed by atoms with E-state index in [1.165, 1.54) is 17.6 Å². The first kappa shape index (κ1) is 13.8. The Kier molecular flexibility index (Phi) is 4.75. The summed E-state index contributed by atoms with van der Waals surface area (Å²) < 4.78 is 5.95. The second-order valence-corrected chi connectivity index (χ2v) is 5.97. The highest BCUT2D eigenvalue weighted by atomic mass is 79.9. The van der Waals surface area contributed by atoms with Crippen molar-refractivity contribution in [3.63, 3.8) is 0 Å². The fraction of sp³-hybridized carbons (Fsp3) is 0.167. The van der Waals surface area contributed by atoms with Crippen molar-refractivity contribution in [2.75, 3.05) is 6.54 Å². The maximum atomic E-state index is 11.7. The Labute approximate surface area is 122 Å². The molecule has 0 aromatic carbocycles. The normalized spacial score (nSPS) is 10.2. The lowest BCUT2D eigenvalue weighted by molar-refractivity contribution is -0.120. The van der Waals surface area contributed by atoms with Gasteiger partial charge in [-0.15, -0.1) is 11.3 Å². The van der Waals surface area contributed by atoms with Crippen LogP contribution in [0.3, 0.4) is 0 Å². The third kappa shape index (κ3) is 4.22. The van der Waals surface area contributed by atoms with Crippen LogP contribution in [0, 0.1) is 0 Å². The lowest BCUT2D eigenvalue weighted by atomic mass is 10.3. The molecule has 0 saturated carbocycles. The molecule has 0 spiro atoms.